The van der Waals surface area contributed by atoms with E-state index in [1.807, 2.05) is 0 Å². The third-order valence-corrected chi connectivity index (χ3v) is 3.24. The van der Waals surface area contributed by atoms with E-state index < -0.39 is 0 Å². The minimum Gasteiger partial charge on any atom is -0.324 e. The van der Waals surface area contributed by atoms with E-state index in [0.717, 1.165) is 10.9 Å². The van der Waals surface area contributed by atoms with Crippen LogP contribution < -0.4 is 5.73 Å². The number of nitrogens with two attached hydrogens (primary N) is 1. The normalized spacial score (nSPS) is 13.0. The molecule has 1 aromatic carbocycles. The van der Waals surface area contributed by atoms with Crippen LogP contribution in [-0.4, -0.2) is 0 Å². The lowest BCUT2D eigenvalue weighted by Gasteiger charge is -2.14. The first kappa shape index (κ1) is 10.7. The predicted molar refractivity (Wildman–Crippen MR) is 60.8 cm³/mol. The van der Waals surface area contributed by atoms with Crippen LogP contribution in [0, 0.1) is 13.8 Å². The van der Waals surface area contributed by atoms with Crippen LogP contribution in [0.1, 0.15) is 36.1 Å². The second kappa shape index (κ2) is 4.25. The van der Waals surface area contributed by atoms with E-state index in [1.165, 1.54) is 16.7 Å². The van der Waals surface area contributed by atoms with Gasteiger partial charge in [0.15, 0.2) is 0 Å². The van der Waals surface area contributed by atoms with Gasteiger partial charge in [0.1, 0.15) is 0 Å². The maximum absolute atomic E-state index is 6.00. The van der Waals surface area contributed by atoms with Crippen LogP contribution in [-0.2, 0) is 0 Å². The van der Waals surface area contributed by atoms with Gasteiger partial charge >= 0.3 is 0 Å². The fourth-order valence-corrected chi connectivity index (χ4v) is 1.88. The molecule has 0 aliphatic rings. The third-order valence-electron chi connectivity index (χ3n) is 2.39. The minimum atomic E-state index is 0.173. The van der Waals surface area contributed by atoms with Crippen molar-refractivity contribution in [3.05, 3.63) is 33.3 Å². The Morgan fingerprint density at radius 3 is 2.46 bits per heavy atom. The van der Waals surface area contributed by atoms with Crippen LogP contribution in [0.25, 0.3) is 0 Å². The van der Waals surface area contributed by atoms with E-state index in [0.29, 0.717) is 0 Å². The summed E-state index contributed by atoms with van der Waals surface area (Å²) in [5.41, 5.74) is 9.79. The van der Waals surface area contributed by atoms with Gasteiger partial charge in [0.2, 0.25) is 0 Å². The van der Waals surface area contributed by atoms with E-state index in [4.69, 9.17) is 5.73 Å². The van der Waals surface area contributed by atoms with Gasteiger partial charge in [-0.05, 0) is 43.0 Å². The minimum absolute atomic E-state index is 0.173. The van der Waals surface area contributed by atoms with Crippen molar-refractivity contribution in [3.63, 3.8) is 0 Å². The first-order valence-electron chi connectivity index (χ1n) is 4.58. The number of hydrogen-bond donors (Lipinski definition) is 1. The van der Waals surface area contributed by atoms with Crippen molar-refractivity contribution >= 4 is 15.9 Å². The molecule has 2 N–H and O–H groups in total. The number of rotatable bonds is 2. The number of benzene rings is 1. The van der Waals surface area contributed by atoms with E-state index >= 15 is 0 Å². The average molecular weight is 242 g/mol. The summed E-state index contributed by atoms with van der Waals surface area (Å²) in [5, 5.41) is 0. The van der Waals surface area contributed by atoms with Crippen LogP contribution in [0.15, 0.2) is 16.6 Å². The van der Waals surface area contributed by atoms with Crippen LogP contribution in [0.2, 0.25) is 0 Å². The molecule has 1 rings (SSSR count). The van der Waals surface area contributed by atoms with Crippen molar-refractivity contribution in [1.82, 2.24) is 0 Å². The third kappa shape index (κ3) is 2.32. The Balaban J connectivity index is 3.15. The zero-order valence-electron chi connectivity index (χ0n) is 8.39. The fraction of sp³-hybridized carbons (Fsp3) is 0.455. The van der Waals surface area contributed by atoms with Gasteiger partial charge in [-0.25, -0.2) is 0 Å². The Morgan fingerprint density at radius 1 is 1.31 bits per heavy atom. The number of aryl methyl sites for hydroxylation is 2. The molecule has 0 amide bonds. The lowest BCUT2D eigenvalue weighted by Crippen LogP contribution is -2.10. The Morgan fingerprint density at radius 2 is 1.92 bits per heavy atom. The highest BCUT2D eigenvalue weighted by Crippen LogP contribution is 2.25. The zero-order chi connectivity index (χ0) is 10.0. The fourth-order valence-electron chi connectivity index (χ4n) is 1.42. The molecule has 0 spiro atoms. The van der Waals surface area contributed by atoms with Crippen molar-refractivity contribution in [1.29, 1.82) is 0 Å². The maximum Gasteiger partial charge on any atom is 0.0294 e. The van der Waals surface area contributed by atoms with E-state index in [2.05, 4.69) is 48.8 Å². The molecular formula is C11H16BrN. The van der Waals surface area contributed by atoms with Gasteiger partial charge in [0.25, 0.3) is 0 Å². The molecule has 0 aliphatic heterocycles. The summed E-state index contributed by atoms with van der Waals surface area (Å²) in [6, 6.07) is 4.49. The van der Waals surface area contributed by atoms with Crippen molar-refractivity contribution in [2.75, 3.05) is 0 Å². The average Bonchev–Trinajstić information content (AvgIpc) is 2.10. The highest BCUT2D eigenvalue weighted by atomic mass is 79.9. The molecule has 0 aliphatic carbocycles. The highest BCUT2D eigenvalue weighted by Gasteiger charge is 2.08. The lowest BCUT2D eigenvalue weighted by atomic mass is 9.98. The topological polar surface area (TPSA) is 26.0 Å². The molecule has 0 saturated heterocycles. The molecule has 13 heavy (non-hydrogen) atoms. The van der Waals surface area contributed by atoms with Gasteiger partial charge in [0, 0.05) is 10.5 Å². The second-order valence-corrected chi connectivity index (χ2v) is 4.33. The summed E-state index contributed by atoms with van der Waals surface area (Å²) in [4.78, 5) is 0. The Kier molecular flexibility index (Phi) is 3.51. The van der Waals surface area contributed by atoms with Gasteiger partial charge in [0.05, 0.1) is 0 Å². The first-order valence-corrected chi connectivity index (χ1v) is 5.37. The Bertz CT molecular complexity index is 307. The smallest absolute Gasteiger partial charge is 0.0294 e. The van der Waals surface area contributed by atoms with Crippen LogP contribution in [0.3, 0.4) is 0 Å². The van der Waals surface area contributed by atoms with Crippen molar-refractivity contribution in [2.45, 2.75) is 33.2 Å². The van der Waals surface area contributed by atoms with Crippen LogP contribution in [0.4, 0.5) is 0 Å². The van der Waals surface area contributed by atoms with Gasteiger partial charge in [-0.1, -0.05) is 28.9 Å². The Labute approximate surface area is 88.5 Å². The summed E-state index contributed by atoms with van der Waals surface area (Å²) in [6.07, 6.45) is 0.988. The van der Waals surface area contributed by atoms with Gasteiger partial charge in [-0.2, -0.15) is 0 Å². The van der Waals surface area contributed by atoms with E-state index in [1.54, 1.807) is 0 Å². The molecule has 0 heterocycles. The quantitative estimate of drug-likeness (QED) is 0.844. The molecule has 72 valence electrons. The summed E-state index contributed by atoms with van der Waals surface area (Å²) < 4.78 is 1.16. The highest BCUT2D eigenvalue weighted by molar-refractivity contribution is 9.10. The monoisotopic (exact) mass is 241 g/mol. The summed E-state index contributed by atoms with van der Waals surface area (Å²) in [7, 11) is 0. The molecular weight excluding hydrogens is 226 g/mol. The predicted octanol–water partition coefficient (Wildman–Crippen LogP) is 3.48. The molecule has 0 saturated carbocycles. The van der Waals surface area contributed by atoms with Crippen LogP contribution >= 0.6 is 15.9 Å². The molecule has 0 fully saturated rings. The SMILES string of the molecule is CC[C@H](N)c1cc(C)c(Br)cc1C. The van der Waals surface area contributed by atoms with E-state index in [-0.39, 0.29) is 6.04 Å². The number of hydrogen-bond acceptors (Lipinski definition) is 1. The van der Waals surface area contributed by atoms with E-state index in [9.17, 15) is 0 Å². The lowest BCUT2D eigenvalue weighted by molar-refractivity contribution is 0.693. The molecule has 0 radical (unpaired) electrons. The van der Waals surface area contributed by atoms with Gasteiger partial charge < -0.3 is 5.73 Å². The van der Waals surface area contributed by atoms with Crippen LogP contribution in [0.5, 0.6) is 0 Å². The summed E-state index contributed by atoms with van der Waals surface area (Å²) in [5.74, 6) is 0. The standard InChI is InChI=1S/C11H16BrN/c1-4-11(13)9-5-8(3)10(12)6-7(9)2/h5-6,11H,4,13H2,1-3H3/t11-/m0/s1. The maximum atomic E-state index is 6.00. The Hall–Kier alpha value is -0.340. The number of halogens is 1. The molecule has 0 unspecified atom stereocenters. The molecule has 0 aromatic heterocycles. The zero-order valence-corrected chi connectivity index (χ0v) is 9.98. The molecule has 2 heteroatoms. The van der Waals surface area contributed by atoms with Crippen molar-refractivity contribution < 1.29 is 0 Å². The largest absolute Gasteiger partial charge is 0.324 e. The van der Waals surface area contributed by atoms with Gasteiger partial charge in [-0.15, -0.1) is 0 Å². The van der Waals surface area contributed by atoms with Crippen molar-refractivity contribution in [3.8, 4) is 0 Å². The molecule has 1 atom stereocenters. The summed E-state index contributed by atoms with van der Waals surface area (Å²) >= 11 is 3.51. The molecule has 1 nitrogen and oxygen atoms in total. The first-order chi connectivity index (χ1) is 6.06. The van der Waals surface area contributed by atoms with Gasteiger partial charge in [-0.3, -0.25) is 0 Å². The summed E-state index contributed by atoms with van der Waals surface area (Å²) in [6.45, 7) is 6.31. The van der Waals surface area contributed by atoms with Crippen molar-refractivity contribution in [2.24, 2.45) is 5.73 Å². The second-order valence-electron chi connectivity index (χ2n) is 3.47. The molecule has 1 aromatic rings. The molecule has 0 bridgehead atoms.